The van der Waals surface area contributed by atoms with Crippen LogP contribution in [0.5, 0.6) is 0 Å². The number of fused-ring (bicyclic) bond motifs is 1. The van der Waals surface area contributed by atoms with Crippen LogP contribution in [0.3, 0.4) is 0 Å². The third-order valence-electron chi connectivity index (χ3n) is 3.84. The Balaban J connectivity index is 1.52. The minimum atomic E-state index is 0.425. The van der Waals surface area contributed by atoms with Gasteiger partial charge in [0, 0.05) is 0 Å². The van der Waals surface area contributed by atoms with Gasteiger partial charge in [0.2, 0.25) is 0 Å². The van der Waals surface area contributed by atoms with Crippen molar-refractivity contribution in [3.63, 3.8) is 0 Å². The second kappa shape index (κ2) is 4.15. The summed E-state index contributed by atoms with van der Waals surface area (Å²) in [4.78, 5) is 0.813. The van der Waals surface area contributed by atoms with Gasteiger partial charge in [-0.25, -0.2) is 0 Å². The van der Waals surface area contributed by atoms with E-state index in [0.29, 0.717) is 11.8 Å². The summed E-state index contributed by atoms with van der Waals surface area (Å²) >= 11 is 0.728. The maximum absolute atomic E-state index is 5.48. The molecule has 2 aliphatic carbocycles. The van der Waals surface area contributed by atoms with Gasteiger partial charge in [0.15, 0.2) is 0 Å². The minimum absolute atomic E-state index is 0.425. The molecule has 0 N–H and O–H groups in total. The Morgan fingerprint density at radius 1 is 1.22 bits per heavy atom. The first-order chi connectivity index (χ1) is 8.90. The normalized spacial score (nSPS) is 32.8. The van der Waals surface area contributed by atoms with Crippen molar-refractivity contribution >= 4 is 15.0 Å². The molecular formula is C16H14OSe. The van der Waals surface area contributed by atoms with Crippen LogP contribution >= 0.6 is 0 Å². The predicted molar refractivity (Wildman–Crippen MR) is 73.5 cm³/mol. The van der Waals surface area contributed by atoms with E-state index in [1.165, 1.54) is 5.57 Å². The van der Waals surface area contributed by atoms with E-state index in [1.807, 2.05) is 6.07 Å². The Bertz CT molecular complexity index is 574. The predicted octanol–water partition coefficient (Wildman–Crippen LogP) is 3.83. The van der Waals surface area contributed by atoms with Gasteiger partial charge in [-0.15, -0.1) is 0 Å². The second-order valence-corrected chi connectivity index (χ2v) is 7.58. The SMILES string of the molecule is C1=CC(C2=CCC(c3ccco3)C=C2)C2C=C1[Se]2. The number of hydrogen-bond acceptors (Lipinski definition) is 1. The molecule has 18 heavy (non-hydrogen) atoms. The van der Waals surface area contributed by atoms with Crippen molar-refractivity contribution in [3.05, 3.63) is 70.7 Å². The van der Waals surface area contributed by atoms with Crippen LogP contribution in [0.15, 0.2) is 69.3 Å². The topological polar surface area (TPSA) is 13.1 Å². The number of hydrogen-bond donors (Lipinski definition) is 0. The maximum atomic E-state index is 5.48. The van der Waals surface area contributed by atoms with Gasteiger partial charge in [0.25, 0.3) is 0 Å². The van der Waals surface area contributed by atoms with Crippen LogP contribution in [0.1, 0.15) is 18.1 Å². The third-order valence-corrected chi connectivity index (χ3v) is 6.46. The Kier molecular flexibility index (Phi) is 2.46. The van der Waals surface area contributed by atoms with E-state index in [1.54, 1.807) is 10.7 Å². The van der Waals surface area contributed by atoms with Crippen LogP contribution in [0.4, 0.5) is 0 Å². The van der Waals surface area contributed by atoms with Gasteiger partial charge in [-0.1, -0.05) is 0 Å². The van der Waals surface area contributed by atoms with Gasteiger partial charge in [-0.3, -0.25) is 0 Å². The molecule has 1 aromatic rings. The van der Waals surface area contributed by atoms with E-state index < -0.39 is 0 Å². The van der Waals surface area contributed by atoms with Gasteiger partial charge in [0.1, 0.15) is 0 Å². The zero-order valence-corrected chi connectivity index (χ0v) is 11.7. The van der Waals surface area contributed by atoms with Crippen LogP contribution in [0, 0.1) is 5.92 Å². The van der Waals surface area contributed by atoms with E-state index in [2.05, 4.69) is 42.5 Å². The molecule has 3 heterocycles. The number of allylic oxidation sites excluding steroid dienone is 8. The molecule has 0 aromatic carbocycles. The Morgan fingerprint density at radius 2 is 2.17 bits per heavy atom. The number of rotatable bonds is 2. The van der Waals surface area contributed by atoms with Gasteiger partial charge in [0.05, 0.1) is 0 Å². The molecule has 0 amide bonds. The molecule has 0 fully saturated rings. The molecule has 1 aromatic heterocycles. The van der Waals surface area contributed by atoms with Gasteiger partial charge >= 0.3 is 113 Å². The quantitative estimate of drug-likeness (QED) is 0.757. The molecule has 0 saturated heterocycles. The second-order valence-electron chi connectivity index (χ2n) is 4.96. The molecule has 2 heteroatoms. The fraction of sp³-hybridized carbons (Fsp3) is 0.250. The average Bonchev–Trinajstić information content (AvgIpc) is 2.92. The Hall–Kier alpha value is -1.24. The summed E-state index contributed by atoms with van der Waals surface area (Å²) < 4.78 is 7.06. The molecule has 5 rings (SSSR count). The van der Waals surface area contributed by atoms with Crippen molar-refractivity contribution in [2.24, 2.45) is 5.92 Å². The molecule has 4 aliphatic rings. The van der Waals surface area contributed by atoms with E-state index >= 15 is 0 Å². The van der Waals surface area contributed by atoms with Gasteiger partial charge in [-0.2, -0.15) is 0 Å². The van der Waals surface area contributed by atoms with Gasteiger partial charge in [-0.05, 0) is 0 Å². The number of furan rings is 1. The monoisotopic (exact) mass is 302 g/mol. The summed E-state index contributed by atoms with van der Waals surface area (Å²) in [6.45, 7) is 0. The van der Waals surface area contributed by atoms with Crippen molar-refractivity contribution in [2.45, 2.75) is 17.2 Å². The van der Waals surface area contributed by atoms with Crippen molar-refractivity contribution in [2.75, 3.05) is 0 Å². The van der Waals surface area contributed by atoms with E-state index in [0.717, 1.165) is 32.0 Å². The van der Waals surface area contributed by atoms with E-state index in [-0.39, 0.29) is 0 Å². The zero-order valence-electron chi connectivity index (χ0n) is 9.95. The summed E-state index contributed by atoms with van der Waals surface area (Å²) in [6, 6.07) is 4.04. The Morgan fingerprint density at radius 3 is 2.78 bits per heavy atom. The summed E-state index contributed by atoms with van der Waals surface area (Å²) in [7, 11) is 0. The van der Waals surface area contributed by atoms with Crippen molar-refractivity contribution in [1.82, 2.24) is 0 Å². The van der Waals surface area contributed by atoms with Crippen LogP contribution in [0.25, 0.3) is 0 Å². The molecule has 1 nitrogen and oxygen atoms in total. The summed E-state index contributed by atoms with van der Waals surface area (Å²) in [6.07, 6.45) is 17.0. The molecule has 90 valence electrons. The first-order valence-corrected chi connectivity index (χ1v) is 8.23. The van der Waals surface area contributed by atoms with E-state index in [4.69, 9.17) is 4.42 Å². The summed E-state index contributed by atoms with van der Waals surface area (Å²) in [5.74, 6) is 2.14. The molecule has 2 aliphatic heterocycles. The first-order valence-electron chi connectivity index (χ1n) is 6.38. The Labute approximate surface area is 113 Å². The standard InChI is InChI=1S/C16H14OSe/c1-2-15(17-9-1)12-5-3-11(4-6-12)14-8-7-13-10-16(14)18-13/h1-5,7-10,12,14,16H,6H2. The van der Waals surface area contributed by atoms with Crippen LogP contribution in [-0.2, 0) is 0 Å². The third kappa shape index (κ3) is 1.68. The fourth-order valence-electron chi connectivity index (χ4n) is 2.80. The molecule has 3 unspecified atom stereocenters. The fourth-order valence-corrected chi connectivity index (χ4v) is 5.07. The molecular weight excluding hydrogens is 287 g/mol. The summed E-state index contributed by atoms with van der Waals surface area (Å²) in [5.41, 5.74) is 1.50. The molecule has 2 bridgehead atoms. The van der Waals surface area contributed by atoms with Crippen molar-refractivity contribution in [1.29, 1.82) is 0 Å². The van der Waals surface area contributed by atoms with Crippen LogP contribution < -0.4 is 0 Å². The zero-order chi connectivity index (χ0) is 11.9. The van der Waals surface area contributed by atoms with Crippen LogP contribution in [0.2, 0.25) is 4.82 Å². The van der Waals surface area contributed by atoms with E-state index in [9.17, 15) is 0 Å². The molecule has 0 saturated carbocycles. The summed E-state index contributed by atoms with van der Waals surface area (Å²) in [5, 5.41) is 0. The molecule has 3 atom stereocenters. The van der Waals surface area contributed by atoms with Crippen LogP contribution in [-0.4, -0.2) is 15.0 Å². The van der Waals surface area contributed by atoms with Crippen molar-refractivity contribution in [3.8, 4) is 0 Å². The van der Waals surface area contributed by atoms with Crippen molar-refractivity contribution < 1.29 is 4.42 Å². The first kappa shape index (κ1) is 10.7. The van der Waals surface area contributed by atoms with Gasteiger partial charge < -0.3 is 0 Å². The molecule has 0 radical (unpaired) electrons. The average molecular weight is 301 g/mol. The molecule has 0 spiro atoms.